The molecule has 0 saturated carbocycles. The number of ether oxygens (including phenoxy) is 2. The van der Waals surface area contributed by atoms with Gasteiger partial charge >= 0.3 is 5.97 Å². The lowest BCUT2D eigenvalue weighted by atomic mass is 9.96. The topological polar surface area (TPSA) is 110 Å². The molecule has 0 saturated heterocycles. The molecule has 0 aliphatic rings. The number of fused-ring (bicyclic) bond motifs is 1. The summed E-state index contributed by atoms with van der Waals surface area (Å²) in [4.78, 5) is 38.2. The Morgan fingerprint density at radius 3 is 2.77 bits per heavy atom. The number of aromatic amines is 2. The summed E-state index contributed by atoms with van der Waals surface area (Å²) in [6.07, 6.45) is 1.60. The Hall–Kier alpha value is -3.94. The number of carbonyl (C=O) groups is 1. The number of hydrogen-bond donors (Lipinski definition) is 2. The summed E-state index contributed by atoms with van der Waals surface area (Å²) in [6.45, 7) is 2.33. The summed E-state index contributed by atoms with van der Waals surface area (Å²) in [7, 11) is 1.37. The molecule has 8 heteroatoms. The Morgan fingerprint density at radius 1 is 1.13 bits per heavy atom. The van der Waals surface area contributed by atoms with E-state index in [9.17, 15) is 9.59 Å². The van der Waals surface area contributed by atoms with Gasteiger partial charge in [0.25, 0.3) is 5.56 Å². The molecule has 0 aliphatic carbocycles. The molecule has 2 aromatic heterocycles. The summed E-state index contributed by atoms with van der Waals surface area (Å²) >= 11 is 0. The Labute approximate surface area is 171 Å². The molecule has 0 spiro atoms. The van der Waals surface area contributed by atoms with Gasteiger partial charge in [0.1, 0.15) is 11.6 Å². The highest BCUT2D eigenvalue weighted by atomic mass is 16.5. The fourth-order valence-corrected chi connectivity index (χ4v) is 3.32. The molecule has 2 heterocycles. The first kappa shape index (κ1) is 19.4. The van der Waals surface area contributed by atoms with E-state index >= 15 is 0 Å². The van der Waals surface area contributed by atoms with Crippen molar-refractivity contribution >= 4 is 17.1 Å². The van der Waals surface area contributed by atoms with Gasteiger partial charge in [0.05, 0.1) is 32.0 Å². The predicted octanol–water partition coefficient (Wildman–Crippen LogP) is 3.09. The number of methoxy groups -OCH3 is 1. The highest BCUT2D eigenvalue weighted by Gasteiger charge is 2.15. The van der Waals surface area contributed by atoms with Crippen molar-refractivity contribution in [3.63, 3.8) is 0 Å². The van der Waals surface area contributed by atoms with Crippen molar-refractivity contribution in [1.29, 1.82) is 0 Å². The number of imidazole rings is 1. The lowest BCUT2D eigenvalue weighted by molar-refractivity contribution is -0.139. The average molecular weight is 404 g/mol. The van der Waals surface area contributed by atoms with Gasteiger partial charge in [-0.05, 0) is 35.7 Å². The van der Waals surface area contributed by atoms with Crippen LogP contribution in [0.5, 0.6) is 5.75 Å². The van der Waals surface area contributed by atoms with E-state index in [0.29, 0.717) is 29.4 Å². The second-order valence-electron chi connectivity index (χ2n) is 6.57. The molecule has 0 fully saturated rings. The number of esters is 1. The maximum atomic E-state index is 12.3. The number of hydrogen-bond acceptors (Lipinski definition) is 6. The Balaban J connectivity index is 1.81. The van der Waals surface area contributed by atoms with Crippen LogP contribution in [0.2, 0.25) is 0 Å². The van der Waals surface area contributed by atoms with Gasteiger partial charge in [0.15, 0.2) is 11.2 Å². The molecule has 2 N–H and O–H groups in total. The van der Waals surface area contributed by atoms with E-state index in [4.69, 9.17) is 9.47 Å². The standard InChI is InChI=1S/C22H20N4O4/c1-3-30-17-10-14(15-7-5-4-6-13(15)11-18(27)29-2)8-9-16(17)20-25-21-19(22(28)26-20)23-12-24-21/h4-10,12H,3,11H2,1-2H3,(H2,23,24,25,26,28). The quantitative estimate of drug-likeness (QED) is 0.478. The van der Waals surface area contributed by atoms with Gasteiger partial charge in [-0.2, -0.15) is 0 Å². The third-order valence-corrected chi connectivity index (χ3v) is 4.72. The minimum Gasteiger partial charge on any atom is -0.493 e. The van der Waals surface area contributed by atoms with Crippen molar-refractivity contribution in [1.82, 2.24) is 19.9 Å². The lowest BCUT2D eigenvalue weighted by Crippen LogP contribution is -2.10. The van der Waals surface area contributed by atoms with Crippen LogP contribution in [-0.4, -0.2) is 39.6 Å². The van der Waals surface area contributed by atoms with Crippen LogP contribution in [-0.2, 0) is 16.0 Å². The summed E-state index contributed by atoms with van der Waals surface area (Å²) in [5.41, 5.74) is 3.62. The third-order valence-electron chi connectivity index (χ3n) is 4.72. The fraction of sp³-hybridized carbons (Fsp3) is 0.182. The number of rotatable bonds is 6. The van der Waals surface area contributed by atoms with E-state index < -0.39 is 0 Å². The van der Waals surface area contributed by atoms with Crippen LogP contribution in [0.4, 0.5) is 0 Å². The molecule has 4 rings (SSSR count). The Kier molecular flexibility index (Phi) is 5.30. The molecule has 30 heavy (non-hydrogen) atoms. The summed E-state index contributed by atoms with van der Waals surface area (Å²) in [5.74, 6) is 0.651. The molecule has 2 aromatic carbocycles. The zero-order chi connectivity index (χ0) is 21.1. The van der Waals surface area contributed by atoms with Gasteiger partial charge in [-0.25, -0.2) is 9.97 Å². The van der Waals surface area contributed by atoms with Crippen LogP contribution in [0.25, 0.3) is 33.7 Å². The normalized spacial score (nSPS) is 10.9. The van der Waals surface area contributed by atoms with E-state index in [1.807, 2.05) is 49.4 Å². The minimum atomic E-state index is -0.328. The van der Waals surface area contributed by atoms with E-state index in [1.165, 1.54) is 13.4 Å². The van der Waals surface area contributed by atoms with Crippen LogP contribution >= 0.6 is 0 Å². The maximum absolute atomic E-state index is 12.3. The van der Waals surface area contributed by atoms with Crippen molar-refractivity contribution < 1.29 is 14.3 Å². The van der Waals surface area contributed by atoms with Crippen LogP contribution in [0.15, 0.2) is 53.6 Å². The number of H-pyrrole nitrogens is 2. The number of carbonyl (C=O) groups excluding carboxylic acids is 1. The fourth-order valence-electron chi connectivity index (χ4n) is 3.32. The van der Waals surface area contributed by atoms with E-state index in [2.05, 4.69) is 19.9 Å². The summed E-state index contributed by atoms with van der Waals surface area (Å²) in [5, 5.41) is 0. The Morgan fingerprint density at radius 2 is 1.97 bits per heavy atom. The van der Waals surface area contributed by atoms with E-state index in [1.54, 1.807) is 0 Å². The number of nitrogens with zero attached hydrogens (tertiary/aromatic N) is 2. The highest BCUT2D eigenvalue weighted by Crippen LogP contribution is 2.34. The largest absolute Gasteiger partial charge is 0.493 e. The second-order valence-corrected chi connectivity index (χ2v) is 6.57. The summed E-state index contributed by atoms with van der Waals surface area (Å²) < 4.78 is 10.7. The first-order valence-corrected chi connectivity index (χ1v) is 9.46. The molecule has 0 aliphatic heterocycles. The average Bonchev–Trinajstić information content (AvgIpc) is 3.23. The SMILES string of the molecule is CCOc1cc(-c2ccccc2CC(=O)OC)ccc1-c1nc2[nH]cnc2c(=O)[nH]1. The van der Waals surface area contributed by atoms with Crippen molar-refractivity contribution in [2.24, 2.45) is 0 Å². The third kappa shape index (κ3) is 3.67. The van der Waals surface area contributed by atoms with Crippen molar-refractivity contribution in [2.45, 2.75) is 13.3 Å². The number of benzene rings is 2. The predicted molar refractivity (Wildman–Crippen MR) is 112 cm³/mol. The van der Waals surface area contributed by atoms with Gasteiger partial charge in [-0.3, -0.25) is 9.59 Å². The van der Waals surface area contributed by atoms with Crippen molar-refractivity contribution in [3.8, 4) is 28.3 Å². The second kappa shape index (κ2) is 8.20. The maximum Gasteiger partial charge on any atom is 0.309 e. The van der Waals surface area contributed by atoms with Crippen LogP contribution in [0, 0.1) is 0 Å². The minimum absolute atomic E-state index is 0.170. The molecule has 152 valence electrons. The van der Waals surface area contributed by atoms with Crippen LogP contribution < -0.4 is 10.3 Å². The molecule has 8 nitrogen and oxygen atoms in total. The molecule has 0 amide bonds. The highest BCUT2D eigenvalue weighted by molar-refractivity contribution is 5.80. The van der Waals surface area contributed by atoms with E-state index in [0.717, 1.165) is 16.7 Å². The monoisotopic (exact) mass is 404 g/mol. The lowest BCUT2D eigenvalue weighted by Gasteiger charge is -2.14. The molecular formula is C22H20N4O4. The van der Waals surface area contributed by atoms with Crippen LogP contribution in [0.1, 0.15) is 12.5 Å². The van der Waals surface area contributed by atoms with E-state index in [-0.39, 0.29) is 23.5 Å². The van der Waals surface area contributed by atoms with Crippen molar-refractivity contribution in [3.05, 3.63) is 64.7 Å². The van der Waals surface area contributed by atoms with Gasteiger partial charge in [0.2, 0.25) is 0 Å². The molecule has 0 radical (unpaired) electrons. The number of nitrogens with one attached hydrogen (secondary N) is 2. The number of aromatic nitrogens is 4. The van der Waals surface area contributed by atoms with Gasteiger partial charge in [0, 0.05) is 0 Å². The van der Waals surface area contributed by atoms with Crippen molar-refractivity contribution in [2.75, 3.05) is 13.7 Å². The zero-order valence-electron chi connectivity index (χ0n) is 16.6. The molecule has 4 aromatic rings. The van der Waals surface area contributed by atoms with Crippen LogP contribution in [0.3, 0.4) is 0 Å². The van der Waals surface area contributed by atoms with Gasteiger partial charge in [-0.1, -0.05) is 30.3 Å². The molecule has 0 bridgehead atoms. The smallest absolute Gasteiger partial charge is 0.309 e. The molecular weight excluding hydrogens is 384 g/mol. The van der Waals surface area contributed by atoms with Gasteiger partial charge < -0.3 is 19.4 Å². The Bertz CT molecular complexity index is 1280. The molecule has 0 unspecified atom stereocenters. The zero-order valence-corrected chi connectivity index (χ0v) is 16.6. The first-order valence-electron chi connectivity index (χ1n) is 9.46. The van der Waals surface area contributed by atoms with Gasteiger partial charge in [-0.15, -0.1) is 0 Å². The summed E-state index contributed by atoms with van der Waals surface area (Å²) in [6, 6.07) is 13.3. The molecule has 0 atom stereocenters. The first-order chi connectivity index (χ1) is 14.6.